The summed E-state index contributed by atoms with van der Waals surface area (Å²) in [7, 11) is 0. The molecule has 0 bridgehead atoms. The lowest BCUT2D eigenvalue weighted by atomic mass is 10.1. The van der Waals surface area contributed by atoms with Crippen LogP contribution in [-0.2, 0) is 9.53 Å². The predicted octanol–water partition coefficient (Wildman–Crippen LogP) is 1.84. The van der Waals surface area contributed by atoms with Crippen LogP contribution in [0.3, 0.4) is 0 Å². The van der Waals surface area contributed by atoms with Crippen molar-refractivity contribution in [2.24, 2.45) is 0 Å². The van der Waals surface area contributed by atoms with Gasteiger partial charge in [-0.15, -0.1) is 0 Å². The van der Waals surface area contributed by atoms with E-state index in [2.05, 4.69) is 5.32 Å². The fourth-order valence-electron chi connectivity index (χ4n) is 2.37. The molecule has 0 aromatic carbocycles. The Morgan fingerprint density at radius 3 is 2.50 bits per heavy atom. The number of aliphatic carboxylic acids is 1. The zero-order valence-corrected chi connectivity index (χ0v) is 12.4. The van der Waals surface area contributed by atoms with E-state index >= 15 is 0 Å². The second-order valence-electron chi connectivity index (χ2n) is 5.12. The number of carbonyl (C=O) groups is 2. The molecule has 1 fully saturated rings. The van der Waals surface area contributed by atoms with E-state index in [0.717, 1.165) is 25.7 Å². The van der Waals surface area contributed by atoms with Crippen LogP contribution in [0.2, 0.25) is 0 Å². The lowest BCUT2D eigenvalue weighted by molar-refractivity contribution is -0.139. The molecule has 1 atom stereocenters. The van der Waals surface area contributed by atoms with Crippen LogP contribution in [0.25, 0.3) is 0 Å². The van der Waals surface area contributed by atoms with Crippen LogP contribution in [0, 0.1) is 0 Å². The number of hydrogen-bond donors (Lipinski definition) is 2. The summed E-state index contributed by atoms with van der Waals surface area (Å²) >= 11 is 0. The Morgan fingerprint density at radius 1 is 1.35 bits per heavy atom. The molecule has 0 aliphatic carbocycles. The van der Waals surface area contributed by atoms with Crippen LogP contribution >= 0.6 is 0 Å². The summed E-state index contributed by atoms with van der Waals surface area (Å²) in [6.45, 7) is 5.89. The van der Waals surface area contributed by atoms with E-state index in [0.29, 0.717) is 26.1 Å². The van der Waals surface area contributed by atoms with Gasteiger partial charge in [0.2, 0.25) is 0 Å². The Balaban J connectivity index is 2.39. The maximum atomic E-state index is 12.1. The van der Waals surface area contributed by atoms with E-state index in [9.17, 15) is 9.59 Å². The molecule has 0 radical (unpaired) electrons. The number of unbranched alkanes of at least 4 members (excludes halogenated alkanes) is 1. The minimum absolute atomic E-state index is 0.222. The van der Waals surface area contributed by atoms with Gasteiger partial charge in [0.1, 0.15) is 6.04 Å². The fraction of sp³-hybridized carbons (Fsp3) is 0.857. The van der Waals surface area contributed by atoms with E-state index in [-0.39, 0.29) is 12.1 Å². The van der Waals surface area contributed by atoms with Crippen LogP contribution in [0.15, 0.2) is 0 Å². The van der Waals surface area contributed by atoms with Crippen LogP contribution in [0.1, 0.15) is 46.0 Å². The van der Waals surface area contributed by atoms with Crippen molar-refractivity contribution in [3.05, 3.63) is 0 Å². The van der Waals surface area contributed by atoms with Gasteiger partial charge < -0.3 is 20.1 Å². The number of urea groups is 1. The molecule has 6 nitrogen and oxygen atoms in total. The zero-order chi connectivity index (χ0) is 15.0. The summed E-state index contributed by atoms with van der Waals surface area (Å²) in [5, 5.41) is 11.7. The van der Waals surface area contributed by atoms with Crippen molar-refractivity contribution in [1.82, 2.24) is 10.2 Å². The van der Waals surface area contributed by atoms with Gasteiger partial charge in [-0.2, -0.15) is 0 Å². The number of hydrogen-bond acceptors (Lipinski definition) is 3. The van der Waals surface area contributed by atoms with Crippen molar-refractivity contribution in [1.29, 1.82) is 0 Å². The average Bonchev–Trinajstić information content (AvgIpc) is 2.44. The van der Waals surface area contributed by atoms with Gasteiger partial charge in [0, 0.05) is 19.7 Å². The Bertz CT molecular complexity index is 314. The molecule has 1 unspecified atom stereocenters. The Kier molecular flexibility index (Phi) is 7.36. The number of ether oxygens (including phenoxy) is 1. The van der Waals surface area contributed by atoms with Crippen LogP contribution in [0.4, 0.5) is 4.79 Å². The summed E-state index contributed by atoms with van der Waals surface area (Å²) < 4.78 is 5.53. The third kappa shape index (κ3) is 5.36. The molecule has 2 amide bonds. The highest BCUT2D eigenvalue weighted by Gasteiger charge is 2.26. The normalized spacial score (nSPS) is 17.8. The van der Waals surface area contributed by atoms with E-state index < -0.39 is 12.0 Å². The number of amides is 2. The molecule has 0 spiro atoms. The first-order valence-corrected chi connectivity index (χ1v) is 7.48. The van der Waals surface area contributed by atoms with Gasteiger partial charge in [-0.05, 0) is 26.2 Å². The molecule has 1 heterocycles. The molecule has 0 aromatic rings. The molecule has 1 aliphatic rings. The summed E-state index contributed by atoms with van der Waals surface area (Å²) in [4.78, 5) is 24.8. The first-order valence-electron chi connectivity index (χ1n) is 7.48. The zero-order valence-electron chi connectivity index (χ0n) is 12.4. The topological polar surface area (TPSA) is 78.9 Å². The molecule has 2 N–H and O–H groups in total. The van der Waals surface area contributed by atoms with E-state index in [1.807, 2.05) is 13.8 Å². The van der Waals surface area contributed by atoms with Crippen LogP contribution < -0.4 is 5.32 Å². The summed E-state index contributed by atoms with van der Waals surface area (Å²) in [6.07, 6.45) is 4.04. The van der Waals surface area contributed by atoms with Gasteiger partial charge in [-0.1, -0.05) is 19.8 Å². The minimum Gasteiger partial charge on any atom is -0.480 e. The highest BCUT2D eigenvalue weighted by molar-refractivity contribution is 5.82. The van der Waals surface area contributed by atoms with Crippen LogP contribution in [0.5, 0.6) is 0 Å². The molecule has 0 saturated carbocycles. The SMILES string of the molecule is CCCCC(NC(=O)N1CCC(OCC)CC1)C(=O)O. The Labute approximate surface area is 120 Å². The number of rotatable bonds is 7. The lowest BCUT2D eigenvalue weighted by Gasteiger charge is -2.32. The van der Waals surface area contributed by atoms with Crippen LogP contribution in [-0.4, -0.2) is 53.8 Å². The molecular formula is C14H26N2O4. The third-order valence-electron chi connectivity index (χ3n) is 3.57. The molecule has 116 valence electrons. The summed E-state index contributed by atoms with van der Waals surface area (Å²) in [6, 6.07) is -1.06. The number of nitrogens with zero attached hydrogens (tertiary/aromatic N) is 1. The minimum atomic E-state index is -0.962. The second-order valence-corrected chi connectivity index (χ2v) is 5.12. The first-order chi connectivity index (χ1) is 9.58. The molecule has 1 aliphatic heterocycles. The van der Waals surface area contributed by atoms with Gasteiger partial charge in [0.25, 0.3) is 0 Å². The molecule has 1 saturated heterocycles. The number of nitrogens with one attached hydrogen (secondary N) is 1. The van der Waals surface area contributed by atoms with Crippen molar-refractivity contribution in [3.8, 4) is 0 Å². The van der Waals surface area contributed by atoms with Crippen molar-refractivity contribution < 1.29 is 19.4 Å². The quantitative estimate of drug-likeness (QED) is 0.748. The highest BCUT2D eigenvalue weighted by Crippen LogP contribution is 2.14. The summed E-state index contributed by atoms with van der Waals surface area (Å²) in [5.41, 5.74) is 0. The molecule has 0 aromatic heterocycles. The Morgan fingerprint density at radius 2 is 2.00 bits per heavy atom. The van der Waals surface area contributed by atoms with Crippen molar-refractivity contribution in [3.63, 3.8) is 0 Å². The molecule has 6 heteroatoms. The van der Waals surface area contributed by atoms with Crippen molar-refractivity contribution in [2.75, 3.05) is 19.7 Å². The maximum absolute atomic E-state index is 12.1. The average molecular weight is 286 g/mol. The number of carbonyl (C=O) groups excluding carboxylic acids is 1. The van der Waals surface area contributed by atoms with Crippen molar-refractivity contribution >= 4 is 12.0 Å². The molecular weight excluding hydrogens is 260 g/mol. The van der Waals surface area contributed by atoms with Gasteiger partial charge in [0.15, 0.2) is 0 Å². The van der Waals surface area contributed by atoms with E-state index in [4.69, 9.17) is 9.84 Å². The lowest BCUT2D eigenvalue weighted by Crippen LogP contribution is -2.50. The van der Waals surface area contributed by atoms with E-state index in [1.165, 1.54) is 0 Å². The number of piperidine rings is 1. The van der Waals surface area contributed by atoms with Gasteiger partial charge in [0.05, 0.1) is 6.10 Å². The molecule has 1 rings (SSSR count). The van der Waals surface area contributed by atoms with Gasteiger partial charge in [-0.25, -0.2) is 9.59 Å². The standard InChI is InChI=1S/C14H26N2O4/c1-3-5-6-12(13(17)18)15-14(19)16-9-7-11(8-10-16)20-4-2/h11-12H,3-10H2,1-2H3,(H,15,19)(H,17,18). The van der Waals surface area contributed by atoms with Crippen molar-refractivity contribution in [2.45, 2.75) is 58.1 Å². The van der Waals surface area contributed by atoms with Gasteiger partial charge >= 0.3 is 12.0 Å². The second kappa shape index (κ2) is 8.79. The number of carboxylic acid groups (broad SMARTS) is 1. The Hall–Kier alpha value is -1.30. The largest absolute Gasteiger partial charge is 0.480 e. The highest BCUT2D eigenvalue weighted by atomic mass is 16.5. The molecule has 20 heavy (non-hydrogen) atoms. The predicted molar refractivity (Wildman–Crippen MR) is 75.7 cm³/mol. The smallest absolute Gasteiger partial charge is 0.326 e. The fourth-order valence-corrected chi connectivity index (χ4v) is 2.37. The third-order valence-corrected chi connectivity index (χ3v) is 3.57. The summed E-state index contributed by atoms with van der Waals surface area (Å²) in [5.74, 6) is -0.962. The van der Waals surface area contributed by atoms with Gasteiger partial charge in [-0.3, -0.25) is 0 Å². The monoisotopic (exact) mass is 286 g/mol. The number of likely N-dealkylation sites (tertiary alicyclic amines) is 1. The maximum Gasteiger partial charge on any atom is 0.326 e. The van der Waals surface area contributed by atoms with E-state index in [1.54, 1.807) is 4.90 Å². The first kappa shape index (κ1) is 16.8. The number of carboxylic acids is 1.